The summed E-state index contributed by atoms with van der Waals surface area (Å²) in [7, 11) is 0. The minimum absolute atomic E-state index is 0. The molecule has 0 aromatic heterocycles. The summed E-state index contributed by atoms with van der Waals surface area (Å²) in [6, 6.07) is 13.1. The molecule has 0 heterocycles. The maximum atomic E-state index is 12.3. The third kappa shape index (κ3) is 6.69. The van der Waals surface area contributed by atoms with E-state index in [1.165, 1.54) is 5.56 Å². The van der Waals surface area contributed by atoms with Gasteiger partial charge in [0, 0.05) is 18.8 Å². The number of hydrogen-bond acceptors (Lipinski definition) is 3. The number of nitrogens with two attached hydrogens (primary N) is 1. The van der Waals surface area contributed by atoms with Crippen LogP contribution in [0.15, 0.2) is 42.5 Å². The molecule has 144 valence electrons. The molecule has 3 N–H and O–H groups in total. The Morgan fingerprint density at radius 2 is 1.69 bits per heavy atom. The molecule has 1 amide bonds. The van der Waals surface area contributed by atoms with Gasteiger partial charge >= 0.3 is 0 Å². The topological polar surface area (TPSA) is 58.4 Å². The maximum absolute atomic E-state index is 12.3. The van der Waals surface area contributed by atoms with E-state index in [4.69, 9.17) is 17.3 Å². The van der Waals surface area contributed by atoms with Crippen LogP contribution in [-0.2, 0) is 13.1 Å². The van der Waals surface area contributed by atoms with E-state index in [1.807, 2.05) is 18.2 Å². The van der Waals surface area contributed by atoms with Crippen LogP contribution in [-0.4, -0.2) is 23.9 Å². The number of nitrogens with zero attached hydrogens (tertiary/aromatic N) is 1. The lowest BCUT2D eigenvalue weighted by Gasteiger charge is -2.20. The average molecular weight is 419 g/mol. The van der Waals surface area contributed by atoms with Gasteiger partial charge in [-0.25, -0.2) is 0 Å². The van der Waals surface area contributed by atoms with Gasteiger partial charge in [-0.05, 0) is 42.4 Å². The zero-order valence-electron chi connectivity index (χ0n) is 15.0. The number of halogens is 3. The number of anilines is 1. The van der Waals surface area contributed by atoms with Crippen LogP contribution >= 0.6 is 36.4 Å². The minimum Gasteiger partial charge on any atom is -0.399 e. The first-order chi connectivity index (χ1) is 11.5. The Bertz CT molecular complexity index is 706. The number of amides is 1. The smallest absolute Gasteiger partial charge is 0.253 e. The third-order valence-electron chi connectivity index (χ3n) is 4.08. The Morgan fingerprint density at radius 3 is 2.27 bits per heavy atom. The molecule has 2 aromatic carbocycles. The highest BCUT2D eigenvalue weighted by atomic mass is 35.5. The Labute approximate surface area is 172 Å². The number of nitrogen functional groups attached to an aromatic ring is 1. The van der Waals surface area contributed by atoms with Gasteiger partial charge in [-0.3, -0.25) is 9.69 Å². The van der Waals surface area contributed by atoms with Crippen LogP contribution in [0.25, 0.3) is 0 Å². The zero-order chi connectivity index (χ0) is 17.5. The summed E-state index contributed by atoms with van der Waals surface area (Å²) in [5.74, 6) is -0.197. The van der Waals surface area contributed by atoms with Gasteiger partial charge in [0.15, 0.2) is 0 Å². The number of carbonyl (C=O) groups excluding carboxylic acids is 1. The molecule has 4 nitrogen and oxygen atoms in total. The molecular weight excluding hydrogens is 393 g/mol. The van der Waals surface area contributed by atoms with Crippen molar-refractivity contribution < 1.29 is 4.79 Å². The van der Waals surface area contributed by atoms with Gasteiger partial charge in [0.2, 0.25) is 0 Å². The second kappa shape index (κ2) is 12.0. The van der Waals surface area contributed by atoms with Crippen molar-refractivity contribution in [2.45, 2.75) is 26.9 Å². The van der Waals surface area contributed by atoms with Gasteiger partial charge in [-0.15, -0.1) is 24.8 Å². The molecule has 2 rings (SSSR count). The summed E-state index contributed by atoms with van der Waals surface area (Å²) in [5.41, 5.74) is 8.99. The Balaban J connectivity index is 0.00000312. The Kier molecular flexibility index (Phi) is 11.3. The van der Waals surface area contributed by atoms with Crippen molar-refractivity contribution in [3.05, 3.63) is 64.2 Å². The van der Waals surface area contributed by atoms with Crippen molar-refractivity contribution in [2.24, 2.45) is 0 Å². The van der Waals surface area contributed by atoms with Gasteiger partial charge in [0.1, 0.15) is 0 Å². The zero-order valence-corrected chi connectivity index (χ0v) is 17.4. The molecule has 0 saturated carbocycles. The molecule has 26 heavy (non-hydrogen) atoms. The van der Waals surface area contributed by atoms with E-state index in [9.17, 15) is 4.79 Å². The molecule has 0 aliphatic heterocycles. The fourth-order valence-electron chi connectivity index (χ4n) is 2.56. The summed E-state index contributed by atoms with van der Waals surface area (Å²) in [6.45, 7) is 7.64. The summed E-state index contributed by atoms with van der Waals surface area (Å²) in [6.07, 6.45) is 0. The van der Waals surface area contributed by atoms with Crippen molar-refractivity contribution in [2.75, 3.05) is 18.8 Å². The first kappa shape index (κ1) is 24.5. The van der Waals surface area contributed by atoms with Gasteiger partial charge in [-0.2, -0.15) is 0 Å². The quantitative estimate of drug-likeness (QED) is 0.649. The summed E-state index contributed by atoms with van der Waals surface area (Å²) >= 11 is 6.10. The first-order valence-corrected chi connectivity index (χ1v) is 8.55. The molecule has 7 heteroatoms. The molecule has 0 unspecified atom stereocenters. The molecule has 0 aliphatic rings. The van der Waals surface area contributed by atoms with Crippen molar-refractivity contribution in [1.82, 2.24) is 10.2 Å². The van der Waals surface area contributed by atoms with Crippen LogP contribution in [0.5, 0.6) is 0 Å². The van der Waals surface area contributed by atoms with E-state index >= 15 is 0 Å². The molecule has 0 aliphatic carbocycles. The van der Waals surface area contributed by atoms with E-state index in [0.717, 1.165) is 25.2 Å². The first-order valence-electron chi connectivity index (χ1n) is 8.17. The van der Waals surface area contributed by atoms with Crippen LogP contribution in [0.2, 0.25) is 5.02 Å². The maximum Gasteiger partial charge on any atom is 0.253 e. The monoisotopic (exact) mass is 417 g/mol. The van der Waals surface area contributed by atoms with Gasteiger partial charge in [-0.1, -0.05) is 49.7 Å². The van der Waals surface area contributed by atoms with Crippen molar-refractivity contribution >= 4 is 48.0 Å². The molecule has 0 saturated heterocycles. The minimum atomic E-state index is -0.197. The molecule has 0 atom stereocenters. The van der Waals surface area contributed by atoms with Gasteiger partial charge < -0.3 is 11.1 Å². The third-order valence-corrected chi connectivity index (χ3v) is 4.40. The number of carbonyl (C=O) groups is 1. The number of nitrogens with one attached hydrogen (secondary N) is 1. The van der Waals surface area contributed by atoms with Crippen LogP contribution in [0.1, 0.15) is 35.3 Å². The van der Waals surface area contributed by atoms with E-state index < -0.39 is 0 Å². The molecule has 0 fully saturated rings. The van der Waals surface area contributed by atoms with E-state index in [-0.39, 0.29) is 30.7 Å². The Hall–Kier alpha value is -1.46. The van der Waals surface area contributed by atoms with Gasteiger partial charge in [0.25, 0.3) is 5.91 Å². The standard InChI is InChI=1S/C19H24ClN3O.2ClH/c1-3-23(4-2)13-15-8-6-5-7-14(15)12-22-19(24)17-10-9-16(21)11-18(17)20;;/h5-11H,3-4,12-13,21H2,1-2H3,(H,22,24);2*1H. The summed E-state index contributed by atoms with van der Waals surface area (Å²) < 4.78 is 0. The summed E-state index contributed by atoms with van der Waals surface area (Å²) in [4.78, 5) is 14.7. The van der Waals surface area contributed by atoms with Crippen LogP contribution < -0.4 is 11.1 Å². The molecule has 0 radical (unpaired) electrons. The number of rotatable bonds is 7. The van der Waals surface area contributed by atoms with E-state index in [2.05, 4.69) is 30.1 Å². The molecule has 0 spiro atoms. The normalized spacial score (nSPS) is 10.0. The van der Waals surface area contributed by atoms with E-state index in [0.29, 0.717) is 22.8 Å². The van der Waals surface area contributed by atoms with Crippen molar-refractivity contribution in [3.8, 4) is 0 Å². The lowest BCUT2D eigenvalue weighted by molar-refractivity contribution is 0.0951. The predicted molar refractivity (Wildman–Crippen MR) is 115 cm³/mol. The van der Waals surface area contributed by atoms with E-state index in [1.54, 1.807) is 18.2 Å². The van der Waals surface area contributed by atoms with Crippen LogP contribution in [0.3, 0.4) is 0 Å². The Morgan fingerprint density at radius 1 is 1.08 bits per heavy atom. The lowest BCUT2D eigenvalue weighted by atomic mass is 10.1. The van der Waals surface area contributed by atoms with Gasteiger partial charge in [0.05, 0.1) is 10.6 Å². The largest absolute Gasteiger partial charge is 0.399 e. The van der Waals surface area contributed by atoms with Crippen molar-refractivity contribution in [3.63, 3.8) is 0 Å². The number of hydrogen-bond donors (Lipinski definition) is 2. The highest BCUT2D eigenvalue weighted by molar-refractivity contribution is 6.34. The SMILES string of the molecule is CCN(CC)Cc1ccccc1CNC(=O)c1ccc(N)cc1Cl.Cl.Cl. The molecule has 0 bridgehead atoms. The molecular formula is C19H26Cl3N3O. The fourth-order valence-corrected chi connectivity index (χ4v) is 2.83. The van der Waals surface area contributed by atoms with Crippen LogP contribution in [0, 0.1) is 0 Å². The van der Waals surface area contributed by atoms with Crippen LogP contribution in [0.4, 0.5) is 5.69 Å². The highest BCUT2D eigenvalue weighted by Gasteiger charge is 2.12. The molecule has 2 aromatic rings. The average Bonchev–Trinajstić information content (AvgIpc) is 2.58. The second-order valence-electron chi connectivity index (χ2n) is 5.65. The fraction of sp³-hybridized carbons (Fsp3) is 0.316. The second-order valence-corrected chi connectivity index (χ2v) is 6.06. The predicted octanol–water partition coefficient (Wildman–Crippen LogP) is 4.54. The lowest BCUT2D eigenvalue weighted by Crippen LogP contribution is -2.26. The number of benzene rings is 2. The summed E-state index contributed by atoms with van der Waals surface area (Å²) in [5, 5.41) is 3.31. The van der Waals surface area contributed by atoms with Crippen molar-refractivity contribution in [1.29, 1.82) is 0 Å². The highest BCUT2D eigenvalue weighted by Crippen LogP contribution is 2.19.